The molecule has 3 rings (SSSR count). The van der Waals surface area contributed by atoms with Gasteiger partial charge in [-0.2, -0.15) is 5.10 Å². The lowest BCUT2D eigenvalue weighted by atomic mass is 9.98. The van der Waals surface area contributed by atoms with Crippen molar-refractivity contribution < 1.29 is 14.3 Å². The van der Waals surface area contributed by atoms with E-state index in [1.54, 1.807) is 6.20 Å². The van der Waals surface area contributed by atoms with Crippen molar-refractivity contribution in [1.82, 2.24) is 14.7 Å². The number of amides is 1. The molecule has 1 saturated heterocycles. The van der Waals surface area contributed by atoms with Gasteiger partial charge in [0.05, 0.1) is 31.3 Å². The van der Waals surface area contributed by atoms with Crippen LogP contribution in [0.5, 0.6) is 0 Å². The number of anilines is 1. The van der Waals surface area contributed by atoms with Gasteiger partial charge in [-0.15, -0.1) is 0 Å². The van der Waals surface area contributed by atoms with Crippen LogP contribution in [0.15, 0.2) is 12.3 Å². The van der Waals surface area contributed by atoms with Crippen LogP contribution < -0.4 is 5.32 Å². The minimum Gasteiger partial charge on any atom is -0.466 e. The van der Waals surface area contributed by atoms with Crippen LogP contribution >= 0.6 is 0 Å². The van der Waals surface area contributed by atoms with E-state index in [4.69, 9.17) is 4.74 Å². The van der Waals surface area contributed by atoms with Crippen LogP contribution in [0.25, 0.3) is 0 Å². The van der Waals surface area contributed by atoms with Crippen molar-refractivity contribution in [2.24, 2.45) is 5.92 Å². The van der Waals surface area contributed by atoms with Crippen molar-refractivity contribution in [3.63, 3.8) is 0 Å². The summed E-state index contributed by atoms with van der Waals surface area (Å²) in [5, 5.41) is 7.37. The lowest BCUT2D eigenvalue weighted by Crippen LogP contribution is -2.43. The van der Waals surface area contributed by atoms with Gasteiger partial charge >= 0.3 is 5.97 Å². The Morgan fingerprint density at radius 2 is 2.08 bits per heavy atom. The van der Waals surface area contributed by atoms with Gasteiger partial charge in [0.2, 0.25) is 5.91 Å². The highest BCUT2D eigenvalue weighted by atomic mass is 16.5. The van der Waals surface area contributed by atoms with Crippen molar-refractivity contribution in [2.75, 3.05) is 31.6 Å². The third kappa shape index (κ3) is 4.60. The van der Waals surface area contributed by atoms with Gasteiger partial charge in [0.1, 0.15) is 5.82 Å². The van der Waals surface area contributed by atoms with Crippen molar-refractivity contribution >= 4 is 17.7 Å². The van der Waals surface area contributed by atoms with E-state index in [1.165, 1.54) is 12.8 Å². The van der Waals surface area contributed by atoms with Crippen molar-refractivity contribution in [2.45, 2.75) is 51.5 Å². The first-order chi connectivity index (χ1) is 12.2. The fraction of sp³-hybridized carbons (Fsp3) is 0.722. The Kier molecular flexibility index (Phi) is 6.07. The molecule has 1 amide bonds. The zero-order valence-electron chi connectivity index (χ0n) is 14.9. The molecule has 0 radical (unpaired) electrons. The molecule has 1 atom stereocenters. The second-order valence-corrected chi connectivity index (χ2v) is 6.97. The average Bonchev–Trinajstić information content (AvgIpc) is 3.26. The smallest absolute Gasteiger partial charge is 0.310 e. The number of aromatic nitrogens is 2. The molecule has 7 heteroatoms. The van der Waals surface area contributed by atoms with Crippen LogP contribution in [0.1, 0.15) is 51.5 Å². The van der Waals surface area contributed by atoms with Crippen LogP contribution in [0.3, 0.4) is 0 Å². The van der Waals surface area contributed by atoms with E-state index in [1.807, 2.05) is 22.6 Å². The molecule has 2 heterocycles. The monoisotopic (exact) mass is 348 g/mol. The molecular formula is C18H28N4O3. The van der Waals surface area contributed by atoms with Crippen LogP contribution in [0.4, 0.5) is 5.82 Å². The number of rotatable bonds is 6. The number of ether oxygens (including phenoxy) is 1. The Labute approximate surface area is 148 Å². The zero-order chi connectivity index (χ0) is 17.6. The van der Waals surface area contributed by atoms with E-state index in [-0.39, 0.29) is 17.8 Å². The molecule has 25 heavy (non-hydrogen) atoms. The molecule has 0 spiro atoms. The number of carbonyl (C=O) groups excluding carboxylic acids is 2. The van der Waals surface area contributed by atoms with E-state index >= 15 is 0 Å². The normalized spacial score (nSPS) is 22.0. The zero-order valence-corrected chi connectivity index (χ0v) is 14.9. The van der Waals surface area contributed by atoms with Gasteiger partial charge in [-0.25, -0.2) is 4.68 Å². The molecule has 0 aromatic carbocycles. The Morgan fingerprint density at radius 1 is 1.28 bits per heavy atom. The molecule has 1 saturated carbocycles. The molecule has 138 valence electrons. The highest BCUT2D eigenvalue weighted by Crippen LogP contribution is 2.31. The summed E-state index contributed by atoms with van der Waals surface area (Å²) in [4.78, 5) is 26.4. The van der Waals surface area contributed by atoms with Crippen molar-refractivity contribution in [3.8, 4) is 0 Å². The summed E-state index contributed by atoms with van der Waals surface area (Å²) in [6.45, 7) is 3.95. The lowest BCUT2D eigenvalue weighted by Gasteiger charge is -2.30. The van der Waals surface area contributed by atoms with Gasteiger partial charge in [-0.3, -0.25) is 14.5 Å². The first kappa shape index (κ1) is 17.9. The SMILES string of the molecule is CCOC(=O)[C@H]1CCCN(CC(=O)Nc2ccnn2C2CCCC2)C1. The Hall–Kier alpha value is -1.89. The van der Waals surface area contributed by atoms with Crippen LogP contribution in [0, 0.1) is 5.92 Å². The largest absolute Gasteiger partial charge is 0.466 e. The van der Waals surface area contributed by atoms with E-state index in [2.05, 4.69) is 10.4 Å². The van der Waals surface area contributed by atoms with Gasteiger partial charge < -0.3 is 10.1 Å². The minimum atomic E-state index is -0.146. The van der Waals surface area contributed by atoms with Crippen LogP contribution in [0.2, 0.25) is 0 Å². The second kappa shape index (κ2) is 8.47. The Bertz CT molecular complexity index is 595. The van der Waals surface area contributed by atoms with E-state index in [0.717, 1.165) is 38.0 Å². The molecule has 1 N–H and O–H groups in total. The summed E-state index contributed by atoms with van der Waals surface area (Å²) in [7, 11) is 0. The number of esters is 1. The predicted molar refractivity (Wildman–Crippen MR) is 94.2 cm³/mol. The molecule has 1 aromatic heterocycles. The standard InChI is InChI=1S/C18H28N4O3/c1-2-25-18(24)14-6-5-11-21(12-14)13-17(23)20-16-9-10-19-22(16)15-7-3-4-8-15/h9-10,14-15H,2-8,11-13H2,1H3,(H,20,23)/t14-/m0/s1. The molecule has 1 aromatic rings. The highest BCUT2D eigenvalue weighted by molar-refractivity contribution is 5.91. The number of nitrogens with zero attached hydrogens (tertiary/aromatic N) is 3. The fourth-order valence-corrected chi connectivity index (χ4v) is 3.89. The lowest BCUT2D eigenvalue weighted by molar-refractivity contribution is -0.150. The molecule has 1 aliphatic heterocycles. The van der Waals surface area contributed by atoms with E-state index < -0.39 is 0 Å². The molecule has 0 unspecified atom stereocenters. The summed E-state index contributed by atoms with van der Waals surface area (Å²) in [6.07, 6.45) is 8.19. The Balaban J connectivity index is 1.52. The van der Waals surface area contributed by atoms with Gasteiger partial charge in [-0.1, -0.05) is 12.8 Å². The first-order valence-electron chi connectivity index (χ1n) is 9.39. The topological polar surface area (TPSA) is 76.5 Å². The molecule has 1 aliphatic carbocycles. The molecule has 2 fully saturated rings. The first-order valence-corrected chi connectivity index (χ1v) is 9.39. The highest BCUT2D eigenvalue weighted by Gasteiger charge is 2.28. The maximum atomic E-state index is 12.4. The number of piperidine rings is 1. The summed E-state index contributed by atoms with van der Waals surface area (Å²) in [5.74, 6) is 0.456. The molecular weight excluding hydrogens is 320 g/mol. The summed E-state index contributed by atoms with van der Waals surface area (Å²) < 4.78 is 7.06. The maximum absolute atomic E-state index is 12.4. The summed E-state index contributed by atoms with van der Waals surface area (Å²) in [5.41, 5.74) is 0. The fourth-order valence-electron chi connectivity index (χ4n) is 3.89. The maximum Gasteiger partial charge on any atom is 0.310 e. The van der Waals surface area contributed by atoms with E-state index in [9.17, 15) is 9.59 Å². The second-order valence-electron chi connectivity index (χ2n) is 6.97. The third-order valence-corrected chi connectivity index (χ3v) is 5.10. The number of carbonyl (C=O) groups is 2. The van der Waals surface area contributed by atoms with Crippen LogP contribution in [-0.4, -0.2) is 52.8 Å². The minimum absolute atomic E-state index is 0.0516. The van der Waals surface area contributed by atoms with Gasteiger partial charge in [0, 0.05) is 12.6 Å². The van der Waals surface area contributed by atoms with Gasteiger partial charge in [0.25, 0.3) is 0 Å². The summed E-state index contributed by atoms with van der Waals surface area (Å²) in [6, 6.07) is 2.25. The summed E-state index contributed by atoms with van der Waals surface area (Å²) >= 11 is 0. The number of nitrogens with one attached hydrogen (secondary N) is 1. The number of likely N-dealkylation sites (tertiary alicyclic amines) is 1. The van der Waals surface area contributed by atoms with Crippen LogP contribution in [-0.2, 0) is 14.3 Å². The van der Waals surface area contributed by atoms with E-state index in [0.29, 0.717) is 25.7 Å². The van der Waals surface area contributed by atoms with Crippen molar-refractivity contribution in [3.05, 3.63) is 12.3 Å². The van der Waals surface area contributed by atoms with Gasteiger partial charge in [0.15, 0.2) is 0 Å². The average molecular weight is 348 g/mol. The number of hydrogen-bond acceptors (Lipinski definition) is 5. The Morgan fingerprint density at radius 3 is 2.84 bits per heavy atom. The molecule has 7 nitrogen and oxygen atoms in total. The molecule has 0 bridgehead atoms. The number of hydrogen-bond donors (Lipinski definition) is 1. The van der Waals surface area contributed by atoms with Gasteiger partial charge in [-0.05, 0) is 39.2 Å². The third-order valence-electron chi connectivity index (χ3n) is 5.10. The quantitative estimate of drug-likeness (QED) is 0.798. The van der Waals surface area contributed by atoms with Crippen molar-refractivity contribution in [1.29, 1.82) is 0 Å². The predicted octanol–water partition coefficient (Wildman–Crippen LogP) is 2.21. The molecule has 2 aliphatic rings.